The van der Waals surface area contributed by atoms with E-state index in [4.69, 9.17) is 0 Å². The van der Waals surface area contributed by atoms with Crippen molar-refractivity contribution in [3.63, 3.8) is 0 Å². The topological polar surface area (TPSA) is 99.3 Å². The average Bonchev–Trinajstić information content (AvgIpc) is 2.83. The molecule has 0 saturated carbocycles. The van der Waals surface area contributed by atoms with E-state index in [0.29, 0.717) is 42.2 Å². The van der Waals surface area contributed by atoms with Gasteiger partial charge in [0, 0.05) is 35.6 Å². The molecule has 0 bridgehead atoms. The molecular weight excluding hydrogens is 440 g/mol. The third-order valence-corrected chi connectivity index (χ3v) is 5.13. The fourth-order valence-corrected chi connectivity index (χ4v) is 3.44. The van der Waals surface area contributed by atoms with Crippen molar-refractivity contribution in [1.29, 1.82) is 0 Å². The number of carbonyl (C=O) groups excluding carboxylic acids is 3. The monoisotopic (exact) mass is 472 g/mol. The first-order valence-electron chi connectivity index (χ1n) is 11.7. The number of carbonyl (C=O) groups is 3. The minimum absolute atomic E-state index is 0.0188. The molecule has 0 radical (unpaired) electrons. The standard InChI is InChI=1S/C28H32N4O3/c1-20(2)17-27(34)30-23-14-12-22(13-15-23)29-19-28(35)32-25-10-6-9-24(18-25)31-26(33)16-11-21-7-4-3-5-8-21/h3-10,12-15,18,20,29H,11,16-17,19H2,1-2H3,(H,30,34)(H,31,33)(H,32,35). The quantitative estimate of drug-likeness (QED) is 0.305. The molecular formula is C28H32N4O3. The summed E-state index contributed by atoms with van der Waals surface area (Å²) in [5.41, 5.74) is 3.82. The fourth-order valence-electron chi connectivity index (χ4n) is 3.44. The number of aryl methyl sites for hydroxylation is 1. The van der Waals surface area contributed by atoms with Gasteiger partial charge >= 0.3 is 0 Å². The Labute approximate surface area is 206 Å². The first kappa shape index (κ1) is 25.5. The van der Waals surface area contributed by atoms with Gasteiger partial charge in [-0.05, 0) is 60.4 Å². The van der Waals surface area contributed by atoms with Crippen LogP contribution in [0.25, 0.3) is 0 Å². The summed E-state index contributed by atoms with van der Waals surface area (Å²) in [5, 5.41) is 11.6. The van der Waals surface area contributed by atoms with Gasteiger partial charge in [-0.15, -0.1) is 0 Å². The van der Waals surface area contributed by atoms with Crippen LogP contribution < -0.4 is 21.3 Å². The predicted octanol–water partition coefficient (Wildman–Crippen LogP) is 5.29. The van der Waals surface area contributed by atoms with Crippen LogP contribution >= 0.6 is 0 Å². The number of benzene rings is 3. The summed E-state index contributed by atoms with van der Waals surface area (Å²) in [6.45, 7) is 4.07. The van der Waals surface area contributed by atoms with Crippen molar-refractivity contribution in [2.75, 3.05) is 27.8 Å². The highest BCUT2D eigenvalue weighted by atomic mass is 16.2. The summed E-state index contributed by atoms with van der Waals surface area (Å²) in [5.74, 6) is -0.0181. The average molecular weight is 473 g/mol. The third kappa shape index (κ3) is 9.33. The van der Waals surface area contributed by atoms with Crippen LogP contribution in [-0.4, -0.2) is 24.3 Å². The van der Waals surface area contributed by atoms with Gasteiger partial charge in [0.1, 0.15) is 0 Å². The zero-order valence-electron chi connectivity index (χ0n) is 20.1. The Balaban J connectivity index is 1.43. The molecule has 3 aromatic rings. The Morgan fingerprint density at radius 2 is 1.26 bits per heavy atom. The molecule has 0 fully saturated rings. The van der Waals surface area contributed by atoms with E-state index in [0.717, 1.165) is 11.3 Å². The van der Waals surface area contributed by atoms with E-state index < -0.39 is 0 Å². The van der Waals surface area contributed by atoms with Crippen LogP contribution in [0.1, 0.15) is 32.3 Å². The van der Waals surface area contributed by atoms with Gasteiger partial charge < -0.3 is 21.3 Å². The van der Waals surface area contributed by atoms with Crippen LogP contribution in [-0.2, 0) is 20.8 Å². The SMILES string of the molecule is CC(C)CC(=O)Nc1ccc(NCC(=O)Nc2cccc(NC(=O)CCc3ccccc3)c2)cc1. The highest BCUT2D eigenvalue weighted by Crippen LogP contribution is 2.17. The van der Waals surface area contributed by atoms with E-state index in [9.17, 15) is 14.4 Å². The van der Waals surface area contributed by atoms with E-state index in [-0.39, 0.29) is 24.3 Å². The second-order valence-corrected chi connectivity index (χ2v) is 8.74. The number of nitrogens with one attached hydrogen (secondary N) is 4. The van der Waals surface area contributed by atoms with Crippen LogP contribution in [0.5, 0.6) is 0 Å². The summed E-state index contributed by atoms with van der Waals surface area (Å²) >= 11 is 0. The number of amides is 3. The molecule has 0 aliphatic rings. The summed E-state index contributed by atoms with van der Waals surface area (Å²) < 4.78 is 0. The van der Waals surface area contributed by atoms with Gasteiger partial charge in [-0.1, -0.05) is 50.2 Å². The molecule has 0 aromatic heterocycles. The molecule has 4 N–H and O–H groups in total. The van der Waals surface area contributed by atoms with Crippen molar-refractivity contribution in [1.82, 2.24) is 0 Å². The zero-order chi connectivity index (χ0) is 25.0. The lowest BCUT2D eigenvalue weighted by Crippen LogP contribution is -2.22. The van der Waals surface area contributed by atoms with E-state index in [2.05, 4.69) is 21.3 Å². The van der Waals surface area contributed by atoms with Crippen molar-refractivity contribution in [2.24, 2.45) is 5.92 Å². The summed E-state index contributed by atoms with van der Waals surface area (Å²) in [7, 11) is 0. The van der Waals surface area contributed by atoms with Crippen molar-refractivity contribution in [3.8, 4) is 0 Å². The minimum atomic E-state index is -0.216. The van der Waals surface area contributed by atoms with Crippen LogP contribution in [0.4, 0.5) is 22.7 Å². The molecule has 182 valence electrons. The molecule has 7 nitrogen and oxygen atoms in total. The van der Waals surface area contributed by atoms with Gasteiger partial charge in [0.2, 0.25) is 17.7 Å². The van der Waals surface area contributed by atoms with E-state index >= 15 is 0 Å². The molecule has 0 spiro atoms. The van der Waals surface area contributed by atoms with Gasteiger partial charge in [0.15, 0.2) is 0 Å². The lowest BCUT2D eigenvalue weighted by atomic mass is 10.1. The van der Waals surface area contributed by atoms with Gasteiger partial charge in [-0.25, -0.2) is 0 Å². The summed E-state index contributed by atoms with van der Waals surface area (Å²) in [6, 6.07) is 24.1. The first-order valence-corrected chi connectivity index (χ1v) is 11.7. The molecule has 0 unspecified atom stereocenters. The Morgan fingerprint density at radius 1 is 0.657 bits per heavy atom. The molecule has 3 amide bonds. The lowest BCUT2D eigenvalue weighted by Gasteiger charge is -2.11. The summed E-state index contributed by atoms with van der Waals surface area (Å²) in [6.07, 6.45) is 1.52. The molecule has 7 heteroatoms. The van der Waals surface area contributed by atoms with E-state index in [1.165, 1.54) is 0 Å². The van der Waals surface area contributed by atoms with E-state index in [1.54, 1.807) is 36.4 Å². The van der Waals surface area contributed by atoms with Crippen molar-refractivity contribution >= 4 is 40.5 Å². The maximum Gasteiger partial charge on any atom is 0.243 e. The Morgan fingerprint density at radius 3 is 1.91 bits per heavy atom. The van der Waals surface area contributed by atoms with Gasteiger partial charge in [0.05, 0.1) is 6.54 Å². The first-order chi connectivity index (χ1) is 16.9. The molecule has 0 heterocycles. The second-order valence-electron chi connectivity index (χ2n) is 8.74. The molecule has 0 aliphatic carbocycles. The molecule has 35 heavy (non-hydrogen) atoms. The normalized spacial score (nSPS) is 10.5. The third-order valence-electron chi connectivity index (χ3n) is 5.13. The number of hydrogen-bond donors (Lipinski definition) is 4. The van der Waals surface area contributed by atoms with Crippen LogP contribution in [0, 0.1) is 5.92 Å². The smallest absolute Gasteiger partial charge is 0.243 e. The zero-order valence-corrected chi connectivity index (χ0v) is 20.1. The molecule has 0 saturated heterocycles. The summed E-state index contributed by atoms with van der Waals surface area (Å²) in [4.78, 5) is 36.5. The molecule has 3 rings (SSSR count). The highest BCUT2D eigenvalue weighted by Gasteiger charge is 2.08. The van der Waals surface area contributed by atoms with E-state index in [1.807, 2.05) is 56.3 Å². The van der Waals surface area contributed by atoms with Gasteiger partial charge in [-0.3, -0.25) is 14.4 Å². The second kappa shape index (κ2) is 12.9. The largest absolute Gasteiger partial charge is 0.376 e. The van der Waals surface area contributed by atoms with Crippen molar-refractivity contribution in [3.05, 3.63) is 84.4 Å². The van der Waals surface area contributed by atoms with Gasteiger partial charge in [0.25, 0.3) is 0 Å². The molecule has 0 atom stereocenters. The maximum atomic E-state index is 12.4. The van der Waals surface area contributed by atoms with Gasteiger partial charge in [-0.2, -0.15) is 0 Å². The van der Waals surface area contributed by atoms with Crippen LogP contribution in [0.3, 0.4) is 0 Å². The van der Waals surface area contributed by atoms with Crippen molar-refractivity contribution < 1.29 is 14.4 Å². The Kier molecular flexibility index (Phi) is 9.42. The fraction of sp³-hybridized carbons (Fsp3) is 0.250. The molecule has 0 aliphatic heterocycles. The highest BCUT2D eigenvalue weighted by molar-refractivity contribution is 5.96. The number of rotatable bonds is 11. The lowest BCUT2D eigenvalue weighted by molar-refractivity contribution is -0.117. The molecule has 3 aromatic carbocycles. The Hall–Kier alpha value is -4.13. The van der Waals surface area contributed by atoms with Crippen LogP contribution in [0.15, 0.2) is 78.9 Å². The van der Waals surface area contributed by atoms with Crippen molar-refractivity contribution in [2.45, 2.75) is 33.1 Å². The maximum absolute atomic E-state index is 12.4. The number of anilines is 4. The predicted molar refractivity (Wildman–Crippen MR) is 141 cm³/mol. The minimum Gasteiger partial charge on any atom is -0.376 e. The van der Waals surface area contributed by atoms with Crippen LogP contribution in [0.2, 0.25) is 0 Å². The Bertz CT molecular complexity index is 1130. The number of hydrogen-bond acceptors (Lipinski definition) is 4.